The first-order valence-electron chi connectivity index (χ1n) is 6.96. The Morgan fingerprint density at radius 1 is 1.45 bits per heavy atom. The molecule has 22 heavy (non-hydrogen) atoms. The molecule has 0 amide bonds. The number of nitro groups is 1. The van der Waals surface area contributed by atoms with Crippen LogP contribution in [0.1, 0.15) is 54.1 Å². The van der Waals surface area contributed by atoms with Crippen molar-refractivity contribution >= 4 is 33.6 Å². The van der Waals surface area contributed by atoms with Crippen molar-refractivity contribution in [3.63, 3.8) is 0 Å². The van der Waals surface area contributed by atoms with Gasteiger partial charge in [-0.25, -0.2) is 4.21 Å². The summed E-state index contributed by atoms with van der Waals surface area (Å²) < 4.78 is 20.5. The van der Waals surface area contributed by atoms with Crippen molar-refractivity contribution in [2.24, 2.45) is 0 Å². The fourth-order valence-corrected chi connectivity index (χ4v) is 4.27. The Labute approximate surface area is 135 Å². The summed E-state index contributed by atoms with van der Waals surface area (Å²) in [4.78, 5) is 22.2. The molecule has 1 aliphatic rings. The smallest absolute Gasteiger partial charge is 0.274 e. The predicted octanol–water partition coefficient (Wildman–Crippen LogP) is 3.53. The van der Waals surface area contributed by atoms with E-state index in [0.717, 1.165) is 18.9 Å². The van der Waals surface area contributed by atoms with E-state index in [0.29, 0.717) is 24.8 Å². The minimum absolute atomic E-state index is 0.0801. The van der Waals surface area contributed by atoms with Crippen LogP contribution in [0.15, 0.2) is 12.1 Å². The highest BCUT2D eigenvalue weighted by molar-refractivity contribution is 7.80. The minimum Gasteiger partial charge on any atom is -0.305 e. The first kappa shape index (κ1) is 17.1. The molecule has 8 heteroatoms. The Hall–Kier alpha value is -1.31. The van der Waals surface area contributed by atoms with Gasteiger partial charge in [-0.05, 0) is 42.5 Å². The molecule has 0 spiro atoms. The molecular weight excluding hydrogens is 330 g/mol. The second kappa shape index (κ2) is 6.44. The fraction of sp³-hybridized carbons (Fsp3) is 0.500. The van der Waals surface area contributed by atoms with Crippen LogP contribution in [0, 0.1) is 10.1 Å². The highest BCUT2D eigenvalue weighted by Crippen LogP contribution is 2.47. The summed E-state index contributed by atoms with van der Waals surface area (Å²) in [5, 5.41) is 10.6. The third-order valence-corrected chi connectivity index (χ3v) is 5.75. The Morgan fingerprint density at radius 2 is 2.05 bits per heavy atom. The zero-order chi connectivity index (χ0) is 16.5. The van der Waals surface area contributed by atoms with E-state index < -0.39 is 26.0 Å². The lowest BCUT2D eigenvalue weighted by atomic mass is 9.90. The largest absolute Gasteiger partial charge is 0.305 e. The summed E-state index contributed by atoms with van der Waals surface area (Å²) in [5.74, 6) is 0. The maximum atomic E-state index is 11.9. The minimum atomic E-state index is -2.23. The maximum absolute atomic E-state index is 11.9. The molecule has 1 atom stereocenters. The van der Waals surface area contributed by atoms with Crippen molar-refractivity contribution in [1.82, 2.24) is 0 Å². The zero-order valence-corrected chi connectivity index (χ0v) is 13.6. The van der Waals surface area contributed by atoms with Gasteiger partial charge in [-0.1, -0.05) is 19.8 Å². The van der Waals surface area contributed by atoms with Crippen LogP contribution in [0.3, 0.4) is 0 Å². The van der Waals surface area contributed by atoms with Gasteiger partial charge in [0.05, 0.1) is 10.5 Å². The third kappa shape index (κ3) is 2.80. The molecule has 0 radical (unpaired) electrons. The second-order valence-electron chi connectivity index (χ2n) is 5.36. The molecule has 0 saturated heterocycles. The highest BCUT2D eigenvalue weighted by Gasteiger charge is 2.46. The lowest BCUT2D eigenvalue weighted by molar-refractivity contribution is -0.385. The summed E-state index contributed by atoms with van der Waals surface area (Å²) in [6.07, 6.45) is 2.75. The van der Waals surface area contributed by atoms with Gasteiger partial charge in [0.1, 0.15) is 4.75 Å². The summed E-state index contributed by atoms with van der Waals surface area (Å²) >= 11 is 3.27. The van der Waals surface area contributed by atoms with Crippen molar-refractivity contribution in [2.75, 3.05) is 0 Å². The topological polar surface area (TPSA) is 97.5 Å². The molecule has 2 rings (SSSR count). The van der Waals surface area contributed by atoms with Gasteiger partial charge in [0.25, 0.3) is 10.9 Å². The van der Waals surface area contributed by atoms with Crippen molar-refractivity contribution in [3.8, 4) is 0 Å². The van der Waals surface area contributed by atoms with Gasteiger partial charge in [-0.2, -0.15) is 0 Å². The van der Waals surface area contributed by atoms with Crippen LogP contribution in [0.2, 0.25) is 0 Å². The summed E-state index contributed by atoms with van der Waals surface area (Å²) in [6, 6.07) is 2.64. The molecule has 1 aliphatic carbocycles. The van der Waals surface area contributed by atoms with Crippen LogP contribution < -0.4 is 0 Å². The van der Waals surface area contributed by atoms with E-state index in [4.69, 9.17) is 11.6 Å². The van der Waals surface area contributed by atoms with E-state index in [2.05, 4.69) is 0 Å². The van der Waals surface area contributed by atoms with Gasteiger partial charge < -0.3 is 4.55 Å². The molecule has 1 aromatic rings. The molecule has 0 aromatic heterocycles. The average molecular weight is 346 g/mol. The van der Waals surface area contributed by atoms with Crippen LogP contribution in [0.4, 0.5) is 5.69 Å². The van der Waals surface area contributed by atoms with Gasteiger partial charge >= 0.3 is 0 Å². The number of carbonyl (C=O) groups is 1. The third-order valence-electron chi connectivity index (χ3n) is 4.25. The van der Waals surface area contributed by atoms with E-state index in [1.165, 1.54) is 6.07 Å². The Bertz CT molecular complexity index is 655. The van der Waals surface area contributed by atoms with Crippen molar-refractivity contribution in [2.45, 2.75) is 43.8 Å². The number of nitrogens with zero attached hydrogens (tertiary/aromatic N) is 1. The van der Waals surface area contributed by atoms with E-state index in [1.807, 2.05) is 0 Å². The number of hydrogen-bond donors (Lipinski definition) is 1. The number of benzene rings is 1. The second-order valence-corrected chi connectivity index (χ2v) is 6.98. The molecule has 0 bridgehead atoms. The Balaban J connectivity index is 2.76. The monoisotopic (exact) mass is 345 g/mol. The zero-order valence-electron chi connectivity index (χ0n) is 12.0. The van der Waals surface area contributed by atoms with Crippen LogP contribution in [-0.2, 0) is 22.2 Å². The van der Waals surface area contributed by atoms with Crippen LogP contribution in [-0.4, -0.2) is 18.9 Å². The van der Waals surface area contributed by atoms with Gasteiger partial charge in [0.2, 0.25) is 0 Å². The maximum Gasteiger partial charge on any atom is 0.274 e. The molecule has 1 saturated carbocycles. The number of nitro benzene ring substituents is 1. The van der Waals surface area contributed by atoms with E-state index in [-0.39, 0.29) is 16.8 Å². The SMILES string of the molecule is CCc1cc(C2(S(=O)O)CCCC2)c([N+](=O)[O-])cc1C(=O)Cl. The first-order valence-corrected chi connectivity index (χ1v) is 8.44. The number of hydrogen-bond acceptors (Lipinski definition) is 4. The normalized spacial score (nSPS) is 18.1. The van der Waals surface area contributed by atoms with E-state index in [9.17, 15) is 23.7 Å². The van der Waals surface area contributed by atoms with E-state index >= 15 is 0 Å². The standard InChI is InChI=1S/C14H16ClNO5S/c1-2-9-7-11(14(22(20)21)5-3-4-6-14)12(16(18)19)8-10(9)13(15)17/h7-8H,2-6H2,1H3,(H,20,21). The van der Waals surface area contributed by atoms with Crippen LogP contribution in [0.25, 0.3) is 0 Å². The van der Waals surface area contributed by atoms with Crippen molar-refractivity contribution in [1.29, 1.82) is 0 Å². The lowest BCUT2D eigenvalue weighted by Crippen LogP contribution is -2.29. The van der Waals surface area contributed by atoms with Gasteiger partial charge in [0, 0.05) is 11.6 Å². The summed E-state index contributed by atoms with van der Waals surface area (Å²) in [6.45, 7) is 1.80. The first-order chi connectivity index (χ1) is 10.3. The molecule has 1 fully saturated rings. The predicted molar refractivity (Wildman–Crippen MR) is 83.6 cm³/mol. The quantitative estimate of drug-likeness (QED) is 0.381. The molecular formula is C14H16ClNO5S. The summed E-state index contributed by atoms with van der Waals surface area (Å²) in [7, 11) is 0. The molecule has 1 unspecified atom stereocenters. The van der Waals surface area contributed by atoms with E-state index in [1.54, 1.807) is 6.92 Å². The number of aryl methyl sites for hydroxylation is 1. The number of carbonyl (C=O) groups excluding carboxylic acids is 1. The highest BCUT2D eigenvalue weighted by atomic mass is 35.5. The number of rotatable bonds is 5. The molecule has 120 valence electrons. The Morgan fingerprint density at radius 3 is 2.45 bits per heavy atom. The molecule has 1 aromatic carbocycles. The molecule has 0 aliphatic heterocycles. The molecule has 6 nitrogen and oxygen atoms in total. The van der Waals surface area contributed by atoms with Gasteiger partial charge in [-0.15, -0.1) is 0 Å². The molecule has 0 heterocycles. The summed E-state index contributed by atoms with van der Waals surface area (Å²) in [5.41, 5.74) is 0.550. The molecule has 1 N–H and O–H groups in total. The van der Waals surface area contributed by atoms with Crippen molar-refractivity contribution in [3.05, 3.63) is 38.9 Å². The number of halogens is 1. The van der Waals surface area contributed by atoms with Gasteiger partial charge in [-0.3, -0.25) is 14.9 Å². The van der Waals surface area contributed by atoms with Crippen molar-refractivity contribution < 1.29 is 18.5 Å². The van der Waals surface area contributed by atoms with Crippen LogP contribution >= 0.6 is 11.6 Å². The average Bonchev–Trinajstić information content (AvgIpc) is 2.96. The van der Waals surface area contributed by atoms with Crippen LogP contribution in [0.5, 0.6) is 0 Å². The van der Waals surface area contributed by atoms with Gasteiger partial charge in [0.15, 0.2) is 11.1 Å². The Kier molecular flexibility index (Phi) is 4.99. The fourth-order valence-electron chi connectivity index (χ4n) is 3.11. The lowest BCUT2D eigenvalue weighted by Gasteiger charge is -2.25.